The Labute approximate surface area is 99.1 Å². The molecule has 0 fully saturated rings. The molecule has 1 unspecified atom stereocenters. The normalized spacial score (nSPS) is 14.9. The number of benzene rings is 1. The first kappa shape index (κ1) is 13.2. The van der Waals surface area contributed by atoms with E-state index in [1.807, 2.05) is 32.0 Å². The fraction of sp³-hybridized carbons (Fsp3) is 0.538. The van der Waals surface area contributed by atoms with Crippen molar-refractivity contribution in [2.75, 3.05) is 11.5 Å². The van der Waals surface area contributed by atoms with Gasteiger partial charge in [0.1, 0.15) is 0 Å². The van der Waals surface area contributed by atoms with Crippen molar-refractivity contribution in [1.82, 2.24) is 0 Å². The van der Waals surface area contributed by atoms with Gasteiger partial charge in [0.2, 0.25) is 0 Å². The van der Waals surface area contributed by atoms with Crippen molar-refractivity contribution in [2.24, 2.45) is 5.92 Å². The summed E-state index contributed by atoms with van der Waals surface area (Å²) in [6, 6.07) is 10.2. The van der Waals surface area contributed by atoms with E-state index in [1.54, 1.807) is 0 Å². The molecule has 0 saturated carbocycles. The van der Waals surface area contributed by atoms with Gasteiger partial charge in [0.15, 0.2) is 0 Å². The zero-order chi connectivity index (χ0) is 12.0. The fourth-order valence-corrected chi connectivity index (χ4v) is 3.63. The van der Waals surface area contributed by atoms with E-state index < -0.39 is 9.73 Å². The van der Waals surface area contributed by atoms with Crippen LogP contribution in [0.5, 0.6) is 0 Å². The number of aryl methyl sites for hydroxylation is 1. The van der Waals surface area contributed by atoms with Gasteiger partial charge in [0.25, 0.3) is 0 Å². The second-order valence-corrected chi connectivity index (χ2v) is 7.03. The summed E-state index contributed by atoms with van der Waals surface area (Å²) in [4.78, 5) is 0. The highest BCUT2D eigenvalue weighted by molar-refractivity contribution is 7.92. The Morgan fingerprint density at radius 2 is 1.88 bits per heavy atom. The number of hydrogen-bond donors (Lipinski definition) is 1. The molecule has 0 aliphatic carbocycles. The third kappa shape index (κ3) is 5.31. The largest absolute Gasteiger partial charge is 0.253 e. The van der Waals surface area contributed by atoms with Crippen LogP contribution in [0.3, 0.4) is 0 Å². The van der Waals surface area contributed by atoms with Crippen LogP contribution in [-0.2, 0) is 16.1 Å². The van der Waals surface area contributed by atoms with Gasteiger partial charge < -0.3 is 0 Å². The summed E-state index contributed by atoms with van der Waals surface area (Å²) in [6.07, 6.45) is 1.77. The fourth-order valence-electron chi connectivity index (χ4n) is 1.78. The molecule has 0 amide bonds. The van der Waals surface area contributed by atoms with E-state index in [0.29, 0.717) is 17.4 Å². The predicted octanol–water partition coefficient (Wildman–Crippen LogP) is 3.32. The van der Waals surface area contributed by atoms with E-state index in [-0.39, 0.29) is 0 Å². The summed E-state index contributed by atoms with van der Waals surface area (Å²) in [5, 5.41) is 0. The maximum Gasteiger partial charge on any atom is 0.0444 e. The Balaban J connectivity index is 2.36. The lowest BCUT2D eigenvalue weighted by Crippen LogP contribution is -2.14. The molecule has 1 rings (SSSR count). The van der Waals surface area contributed by atoms with Gasteiger partial charge in [-0.15, -0.1) is 0 Å². The van der Waals surface area contributed by atoms with Gasteiger partial charge in [-0.2, -0.15) is 0 Å². The van der Waals surface area contributed by atoms with Crippen LogP contribution in [0.15, 0.2) is 30.3 Å². The standard InChI is InChI=1S/C13H21NOS/c1-12(2)11-16(14,15)10-6-9-13-7-4-3-5-8-13/h3-5,7-8,12,14H,6,9-11H2,1-2H3. The van der Waals surface area contributed by atoms with E-state index >= 15 is 0 Å². The van der Waals surface area contributed by atoms with Crippen LogP contribution < -0.4 is 0 Å². The molecule has 0 aliphatic rings. The smallest absolute Gasteiger partial charge is 0.0444 e. The maximum atomic E-state index is 11.9. The van der Waals surface area contributed by atoms with Crippen LogP contribution in [0.4, 0.5) is 0 Å². The Morgan fingerprint density at radius 3 is 2.44 bits per heavy atom. The lowest BCUT2D eigenvalue weighted by atomic mass is 10.1. The summed E-state index contributed by atoms with van der Waals surface area (Å²) in [6.45, 7) is 4.04. The molecule has 0 aromatic heterocycles. The average Bonchev–Trinajstić information content (AvgIpc) is 2.16. The van der Waals surface area contributed by atoms with Gasteiger partial charge in [0.05, 0.1) is 0 Å². The zero-order valence-corrected chi connectivity index (χ0v) is 10.9. The molecule has 1 aromatic carbocycles. The Hall–Kier alpha value is -0.830. The molecule has 2 nitrogen and oxygen atoms in total. The summed E-state index contributed by atoms with van der Waals surface area (Å²) in [5.74, 6) is 1.41. The third-order valence-electron chi connectivity index (χ3n) is 2.38. The summed E-state index contributed by atoms with van der Waals surface area (Å²) in [5.41, 5.74) is 1.27. The van der Waals surface area contributed by atoms with Crippen molar-refractivity contribution in [3.05, 3.63) is 35.9 Å². The number of nitrogens with one attached hydrogen (secondary N) is 1. The highest BCUT2D eigenvalue weighted by atomic mass is 32.2. The molecule has 16 heavy (non-hydrogen) atoms. The minimum Gasteiger partial charge on any atom is -0.253 e. The van der Waals surface area contributed by atoms with E-state index in [9.17, 15) is 4.21 Å². The van der Waals surface area contributed by atoms with E-state index in [4.69, 9.17) is 4.78 Å². The molecule has 0 heterocycles. The molecule has 0 aliphatic heterocycles. The van der Waals surface area contributed by atoms with E-state index in [0.717, 1.165) is 12.8 Å². The quantitative estimate of drug-likeness (QED) is 0.813. The Morgan fingerprint density at radius 1 is 1.25 bits per heavy atom. The topological polar surface area (TPSA) is 40.9 Å². The Bertz CT molecular complexity index is 395. The van der Waals surface area contributed by atoms with E-state index in [1.165, 1.54) is 5.56 Å². The molecule has 0 spiro atoms. The second-order valence-electron chi connectivity index (χ2n) is 4.67. The summed E-state index contributed by atoms with van der Waals surface area (Å²) < 4.78 is 19.6. The minimum absolute atomic E-state index is 0.349. The maximum absolute atomic E-state index is 11.9. The molecule has 0 radical (unpaired) electrons. The van der Waals surface area contributed by atoms with Gasteiger partial charge in [-0.3, -0.25) is 4.78 Å². The lowest BCUT2D eigenvalue weighted by Gasteiger charge is -2.09. The first-order valence-corrected chi connectivity index (χ1v) is 7.67. The molecule has 90 valence electrons. The van der Waals surface area contributed by atoms with Crippen LogP contribution in [0.1, 0.15) is 25.8 Å². The van der Waals surface area contributed by atoms with Crippen LogP contribution in [0.25, 0.3) is 0 Å². The first-order chi connectivity index (χ1) is 7.49. The average molecular weight is 239 g/mol. The van der Waals surface area contributed by atoms with Crippen LogP contribution in [0, 0.1) is 10.7 Å². The molecule has 1 N–H and O–H groups in total. The Kier molecular flexibility index (Phi) is 5.00. The van der Waals surface area contributed by atoms with Gasteiger partial charge in [-0.25, -0.2) is 4.21 Å². The first-order valence-electron chi connectivity index (χ1n) is 5.78. The monoisotopic (exact) mass is 239 g/mol. The van der Waals surface area contributed by atoms with Crippen molar-refractivity contribution in [3.63, 3.8) is 0 Å². The van der Waals surface area contributed by atoms with Gasteiger partial charge in [-0.1, -0.05) is 44.2 Å². The molecule has 0 saturated heterocycles. The zero-order valence-electron chi connectivity index (χ0n) is 10.1. The van der Waals surface area contributed by atoms with Crippen molar-refractivity contribution in [1.29, 1.82) is 4.78 Å². The second kappa shape index (κ2) is 6.04. The summed E-state index contributed by atoms with van der Waals surface area (Å²) in [7, 11) is -2.35. The van der Waals surface area contributed by atoms with Crippen molar-refractivity contribution in [2.45, 2.75) is 26.7 Å². The van der Waals surface area contributed by atoms with E-state index in [2.05, 4.69) is 12.1 Å². The van der Waals surface area contributed by atoms with Crippen LogP contribution in [0.2, 0.25) is 0 Å². The summed E-state index contributed by atoms with van der Waals surface area (Å²) >= 11 is 0. The molecule has 1 aromatic rings. The number of rotatable bonds is 6. The molecular formula is C13H21NOS. The highest BCUT2D eigenvalue weighted by Crippen LogP contribution is 2.07. The van der Waals surface area contributed by atoms with Gasteiger partial charge >= 0.3 is 0 Å². The molecule has 1 atom stereocenters. The van der Waals surface area contributed by atoms with Gasteiger partial charge in [-0.05, 0) is 24.3 Å². The molecular weight excluding hydrogens is 218 g/mol. The SMILES string of the molecule is CC(C)CS(=N)(=O)CCCc1ccccc1. The number of hydrogen-bond acceptors (Lipinski definition) is 2. The van der Waals surface area contributed by atoms with Crippen molar-refractivity contribution < 1.29 is 4.21 Å². The third-order valence-corrected chi connectivity index (χ3v) is 4.54. The highest BCUT2D eigenvalue weighted by Gasteiger charge is 2.08. The van der Waals surface area contributed by atoms with Gasteiger partial charge in [0, 0.05) is 21.2 Å². The van der Waals surface area contributed by atoms with Crippen molar-refractivity contribution >= 4 is 9.73 Å². The van der Waals surface area contributed by atoms with Crippen molar-refractivity contribution in [3.8, 4) is 0 Å². The van der Waals surface area contributed by atoms with Crippen LogP contribution >= 0.6 is 0 Å². The van der Waals surface area contributed by atoms with Crippen LogP contribution in [-0.4, -0.2) is 15.7 Å². The minimum atomic E-state index is -2.35. The molecule has 3 heteroatoms. The molecule has 0 bridgehead atoms. The predicted molar refractivity (Wildman–Crippen MR) is 70.2 cm³/mol. The lowest BCUT2D eigenvalue weighted by molar-refractivity contribution is 0.652.